The van der Waals surface area contributed by atoms with Gasteiger partial charge in [0.25, 0.3) is 0 Å². The lowest BCUT2D eigenvalue weighted by Gasteiger charge is -2.10. The van der Waals surface area contributed by atoms with Crippen molar-refractivity contribution < 1.29 is 19.1 Å². The van der Waals surface area contributed by atoms with Gasteiger partial charge in [-0.3, -0.25) is 4.79 Å². The van der Waals surface area contributed by atoms with Crippen LogP contribution in [0.15, 0.2) is 24.3 Å². The zero-order chi connectivity index (χ0) is 16.2. The van der Waals surface area contributed by atoms with Gasteiger partial charge >= 0.3 is 12.0 Å². The molecule has 2 amide bonds. The first kappa shape index (κ1) is 17.8. The Balaban J connectivity index is 2.03. The molecule has 122 valence electrons. The van der Waals surface area contributed by atoms with Crippen LogP contribution in [0.1, 0.15) is 25.3 Å². The van der Waals surface area contributed by atoms with Crippen LogP contribution in [0.2, 0.25) is 0 Å². The quantitative estimate of drug-likeness (QED) is 0.540. The number of urea groups is 1. The summed E-state index contributed by atoms with van der Waals surface area (Å²) in [5.41, 5.74) is 1.09. The van der Waals surface area contributed by atoms with E-state index in [2.05, 4.69) is 10.6 Å². The molecule has 22 heavy (non-hydrogen) atoms. The molecular formula is C16H24N2O4. The van der Waals surface area contributed by atoms with E-state index in [-0.39, 0.29) is 25.0 Å². The fourth-order valence-corrected chi connectivity index (χ4v) is 1.75. The maximum Gasteiger partial charge on any atom is 0.314 e. The molecule has 0 aliphatic rings. The van der Waals surface area contributed by atoms with Crippen LogP contribution >= 0.6 is 0 Å². The maximum atomic E-state index is 11.5. The maximum absolute atomic E-state index is 11.5. The van der Waals surface area contributed by atoms with Gasteiger partial charge in [-0.25, -0.2) is 4.79 Å². The number of carbonyl (C=O) groups excluding carboxylic acids is 2. The number of rotatable bonds is 9. The van der Waals surface area contributed by atoms with Gasteiger partial charge in [-0.2, -0.15) is 0 Å². The second-order valence-corrected chi connectivity index (χ2v) is 4.71. The van der Waals surface area contributed by atoms with Crippen LogP contribution in [0.5, 0.6) is 5.75 Å². The first-order valence-electron chi connectivity index (χ1n) is 7.49. The second-order valence-electron chi connectivity index (χ2n) is 4.71. The van der Waals surface area contributed by atoms with Gasteiger partial charge in [-0.05, 0) is 31.9 Å². The van der Waals surface area contributed by atoms with E-state index in [0.29, 0.717) is 26.2 Å². The van der Waals surface area contributed by atoms with Crippen molar-refractivity contribution in [2.45, 2.75) is 26.7 Å². The van der Waals surface area contributed by atoms with E-state index in [9.17, 15) is 9.59 Å². The third kappa shape index (κ3) is 7.52. The predicted octanol–water partition coefficient (Wildman–Crippen LogP) is 2.02. The standard InChI is InChI=1S/C16H24N2O4/c1-3-21-15(19)9-11-18-16(20)17-10-6-12-22-14-8-5-4-7-13(14)2/h4-5,7-8H,3,6,9-12H2,1-2H3,(H2,17,18,20). The number of hydrogen-bond donors (Lipinski definition) is 2. The summed E-state index contributed by atoms with van der Waals surface area (Å²) < 4.78 is 10.4. The lowest BCUT2D eigenvalue weighted by atomic mass is 10.2. The van der Waals surface area contributed by atoms with Crippen LogP contribution in [0, 0.1) is 6.92 Å². The molecule has 1 aromatic carbocycles. The van der Waals surface area contributed by atoms with E-state index in [1.807, 2.05) is 31.2 Å². The van der Waals surface area contributed by atoms with Gasteiger partial charge in [0.15, 0.2) is 0 Å². The SMILES string of the molecule is CCOC(=O)CCNC(=O)NCCCOc1ccccc1C. The average molecular weight is 308 g/mol. The fourth-order valence-electron chi connectivity index (χ4n) is 1.75. The Hall–Kier alpha value is -2.24. The molecule has 0 unspecified atom stereocenters. The summed E-state index contributed by atoms with van der Waals surface area (Å²) in [6.07, 6.45) is 0.886. The highest BCUT2D eigenvalue weighted by Crippen LogP contribution is 2.15. The normalized spacial score (nSPS) is 9.91. The van der Waals surface area contributed by atoms with Gasteiger partial charge in [0, 0.05) is 13.1 Å². The highest BCUT2D eigenvalue weighted by atomic mass is 16.5. The lowest BCUT2D eigenvalue weighted by Crippen LogP contribution is -2.37. The molecule has 0 saturated carbocycles. The van der Waals surface area contributed by atoms with Crippen LogP contribution < -0.4 is 15.4 Å². The molecule has 0 aromatic heterocycles. The van der Waals surface area contributed by atoms with Gasteiger partial charge in [0.1, 0.15) is 5.75 Å². The van der Waals surface area contributed by atoms with Crippen molar-refractivity contribution in [3.8, 4) is 5.75 Å². The summed E-state index contributed by atoms with van der Waals surface area (Å²) in [7, 11) is 0. The number of benzene rings is 1. The Morgan fingerprint density at radius 1 is 1.14 bits per heavy atom. The Morgan fingerprint density at radius 2 is 1.86 bits per heavy atom. The minimum atomic E-state index is -0.311. The molecule has 0 bridgehead atoms. The van der Waals surface area contributed by atoms with Crippen molar-refractivity contribution in [2.75, 3.05) is 26.3 Å². The van der Waals surface area contributed by atoms with Crippen LogP contribution in [-0.4, -0.2) is 38.3 Å². The van der Waals surface area contributed by atoms with E-state index in [1.54, 1.807) is 6.92 Å². The van der Waals surface area contributed by atoms with E-state index in [0.717, 1.165) is 11.3 Å². The van der Waals surface area contributed by atoms with Crippen molar-refractivity contribution in [2.24, 2.45) is 0 Å². The average Bonchev–Trinajstić information content (AvgIpc) is 2.49. The second kappa shape index (κ2) is 10.5. The van der Waals surface area contributed by atoms with Crippen LogP contribution in [0.25, 0.3) is 0 Å². The number of hydrogen-bond acceptors (Lipinski definition) is 4. The van der Waals surface area contributed by atoms with Crippen LogP contribution in [0.3, 0.4) is 0 Å². The Kier molecular flexibility index (Phi) is 8.49. The number of para-hydroxylation sites is 1. The largest absolute Gasteiger partial charge is 0.493 e. The summed E-state index contributed by atoms with van der Waals surface area (Å²) >= 11 is 0. The highest BCUT2D eigenvalue weighted by Gasteiger charge is 2.04. The lowest BCUT2D eigenvalue weighted by molar-refractivity contribution is -0.142. The molecule has 0 spiro atoms. The zero-order valence-corrected chi connectivity index (χ0v) is 13.2. The molecule has 0 saturated heterocycles. The molecule has 1 rings (SSSR count). The summed E-state index contributed by atoms with van der Waals surface area (Å²) in [6, 6.07) is 7.51. The number of amides is 2. The number of nitrogens with one attached hydrogen (secondary N) is 2. The summed E-state index contributed by atoms with van der Waals surface area (Å²) in [5.74, 6) is 0.552. The third-order valence-electron chi connectivity index (χ3n) is 2.88. The van der Waals surface area contributed by atoms with E-state index in [1.165, 1.54) is 0 Å². The van der Waals surface area contributed by atoms with E-state index < -0.39 is 0 Å². The fraction of sp³-hybridized carbons (Fsp3) is 0.500. The first-order chi connectivity index (χ1) is 10.6. The predicted molar refractivity (Wildman–Crippen MR) is 83.9 cm³/mol. The zero-order valence-electron chi connectivity index (χ0n) is 13.2. The molecule has 0 atom stereocenters. The first-order valence-corrected chi connectivity index (χ1v) is 7.49. The Labute approximate surface area is 131 Å². The monoisotopic (exact) mass is 308 g/mol. The number of esters is 1. The molecule has 0 aliphatic carbocycles. The summed E-state index contributed by atoms with van der Waals surface area (Å²) in [5, 5.41) is 5.31. The Bertz CT molecular complexity index is 477. The van der Waals surface area contributed by atoms with Gasteiger partial charge in [-0.15, -0.1) is 0 Å². The number of aryl methyl sites for hydroxylation is 1. The minimum Gasteiger partial charge on any atom is -0.493 e. The van der Waals surface area contributed by atoms with Crippen molar-refractivity contribution in [3.63, 3.8) is 0 Å². The van der Waals surface area contributed by atoms with Gasteiger partial charge in [0.05, 0.1) is 19.6 Å². The molecule has 0 aliphatic heterocycles. The molecular weight excluding hydrogens is 284 g/mol. The summed E-state index contributed by atoms with van der Waals surface area (Å²) in [4.78, 5) is 22.5. The molecule has 2 N–H and O–H groups in total. The molecule has 0 heterocycles. The van der Waals surface area contributed by atoms with Crippen molar-refractivity contribution >= 4 is 12.0 Å². The van der Waals surface area contributed by atoms with Gasteiger partial charge in [-0.1, -0.05) is 18.2 Å². The highest BCUT2D eigenvalue weighted by molar-refractivity contribution is 5.75. The minimum absolute atomic E-state index is 0.178. The van der Waals surface area contributed by atoms with Crippen molar-refractivity contribution in [1.29, 1.82) is 0 Å². The third-order valence-corrected chi connectivity index (χ3v) is 2.88. The van der Waals surface area contributed by atoms with Crippen molar-refractivity contribution in [1.82, 2.24) is 10.6 Å². The molecule has 6 heteroatoms. The van der Waals surface area contributed by atoms with Crippen LogP contribution in [0.4, 0.5) is 4.79 Å². The number of ether oxygens (including phenoxy) is 2. The topological polar surface area (TPSA) is 76.7 Å². The van der Waals surface area contributed by atoms with Gasteiger partial charge < -0.3 is 20.1 Å². The molecule has 0 fully saturated rings. The summed E-state index contributed by atoms with van der Waals surface area (Å²) in [6.45, 7) is 5.41. The van der Waals surface area contributed by atoms with Gasteiger partial charge in [0.2, 0.25) is 0 Å². The molecule has 0 radical (unpaired) electrons. The van der Waals surface area contributed by atoms with Crippen molar-refractivity contribution in [3.05, 3.63) is 29.8 Å². The van der Waals surface area contributed by atoms with Crippen LogP contribution in [-0.2, 0) is 9.53 Å². The van der Waals surface area contributed by atoms with E-state index in [4.69, 9.17) is 9.47 Å². The number of carbonyl (C=O) groups is 2. The molecule has 6 nitrogen and oxygen atoms in total. The smallest absolute Gasteiger partial charge is 0.314 e. The van der Waals surface area contributed by atoms with E-state index >= 15 is 0 Å². The molecule has 1 aromatic rings. The Morgan fingerprint density at radius 3 is 2.59 bits per heavy atom.